The molecule has 2 amide bonds. The van der Waals surface area contributed by atoms with Gasteiger partial charge in [-0.2, -0.15) is 0 Å². The van der Waals surface area contributed by atoms with E-state index < -0.39 is 11.9 Å². The van der Waals surface area contributed by atoms with Gasteiger partial charge in [-0.25, -0.2) is 4.79 Å². The first-order valence-electron chi connectivity index (χ1n) is 9.25. The molecule has 2 aliphatic rings. The lowest BCUT2D eigenvalue weighted by atomic mass is 9.99. The number of carbonyl (C=O) groups is 2. The summed E-state index contributed by atoms with van der Waals surface area (Å²) in [6.45, 7) is 2.03. The number of benzene rings is 1. The highest BCUT2D eigenvalue weighted by Crippen LogP contribution is 2.26. The molecule has 0 radical (unpaired) electrons. The third-order valence-electron chi connectivity index (χ3n) is 4.89. The van der Waals surface area contributed by atoms with Crippen molar-refractivity contribution < 1.29 is 24.2 Å². The fourth-order valence-electron chi connectivity index (χ4n) is 3.37. The molecular formula is C19H26N2O5. The molecule has 3 rings (SSSR count). The zero-order valence-electron chi connectivity index (χ0n) is 14.9. The molecule has 0 spiro atoms. The first kappa shape index (κ1) is 18.5. The predicted octanol–water partition coefficient (Wildman–Crippen LogP) is 2.96. The van der Waals surface area contributed by atoms with E-state index >= 15 is 0 Å². The molecule has 7 nitrogen and oxygen atoms in total. The van der Waals surface area contributed by atoms with Crippen LogP contribution in [-0.2, 0) is 9.53 Å². The number of ether oxygens (including phenoxy) is 2. The van der Waals surface area contributed by atoms with Crippen molar-refractivity contribution in [2.45, 2.75) is 38.2 Å². The van der Waals surface area contributed by atoms with Crippen LogP contribution in [0.15, 0.2) is 24.3 Å². The van der Waals surface area contributed by atoms with Gasteiger partial charge < -0.3 is 24.8 Å². The van der Waals surface area contributed by atoms with Crippen LogP contribution in [-0.4, -0.2) is 54.4 Å². The van der Waals surface area contributed by atoms with Gasteiger partial charge in [0.15, 0.2) is 0 Å². The Morgan fingerprint density at radius 1 is 1.23 bits per heavy atom. The first-order valence-corrected chi connectivity index (χ1v) is 9.25. The third-order valence-corrected chi connectivity index (χ3v) is 4.89. The Kier molecular flexibility index (Phi) is 6.33. The summed E-state index contributed by atoms with van der Waals surface area (Å²) >= 11 is 0. The molecule has 2 heterocycles. The number of amides is 2. The smallest absolute Gasteiger partial charge is 0.321 e. The number of nitrogens with zero attached hydrogens (tertiary/aromatic N) is 1. The molecule has 2 N–H and O–H groups in total. The highest BCUT2D eigenvalue weighted by Gasteiger charge is 2.28. The summed E-state index contributed by atoms with van der Waals surface area (Å²) in [5.74, 6) is -0.745. The van der Waals surface area contributed by atoms with Crippen LogP contribution in [0.25, 0.3) is 0 Å². The van der Waals surface area contributed by atoms with Crippen molar-refractivity contribution >= 4 is 17.7 Å². The van der Waals surface area contributed by atoms with Crippen molar-refractivity contribution in [3.05, 3.63) is 24.3 Å². The van der Waals surface area contributed by atoms with Crippen LogP contribution in [0.2, 0.25) is 0 Å². The summed E-state index contributed by atoms with van der Waals surface area (Å²) in [6, 6.07) is 6.99. The summed E-state index contributed by atoms with van der Waals surface area (Å²) in [5, 5.41) is 12.0. The van der Waals surface area contributed by atoms with Gasteiger partial charge in [0.25, 0.3) is 0 Å². The fourth-order valence-corrected chi connectivity index (χ4v) is 3.37. The summed E-state index contributed by atoms with van der Waals surface area (Å²) in [6.07, 6.45) is 4.62. The van der Waals surface area contributed by atoms with Gasteiger partial charge in [-0.15, -0.1) is 0 Å². The molecule has 26 heavy (non-hydrogen) atoms. The van der Waals surface area contributed by atoms with Gasteiger partial charge in [0.1, 0.15) is 12.4 Å². The summed E-state index contributed by atoms with van der Waals surface area (Å²) < 4.78 is 11.5. The van der Waals surface area contributed by atoms with Gasteiger partial charge in [0, 0.05) is 19.7 Å². The second-order valence-electron chi connectivity index (χ2n) is 6.85. The number of likely N-dealkylation sites (tertiary alicyclic amines) is 1. The molecular weight excluding hydrogens is 336 g/mol. The minimum absolute atomic E-state index is 0.0888. The number of carboxylic acid groups (broad SMARTS) is 1. The molecule has 0 saturated carbocycles. The van der Waals surface area contributed by atoms with Crippen LogP contribution in [0.4, 0.5) is 10.5 Å². The molecule has 0 aliphatic carbocycles. The predicted molar refractivity (Wildman–Crippen MR) is 96.5 cm³/mol. The number of carboxylic acids is 1. The van der Waals surface area contributed by atoms with Crippen LogP contribution in [0.5, 0.6) is 5.75 Å². The van der Waals surface area contributed by atoms with Gasteiger partial charge >= 0.3 is 12.0 Å². The molecule has 0 aromatic heterocycles. The van der Waals surface area contributed by atoms with Crippen molar-refractivity contribution in [1.29, 1.82) is 0 Å². The van der Waals surface area contributed by atoms with Crippen LogP contribution < -0.4 is 10.1 Å². The van der Waals surface area contributed by atoms with E-state index in [2.05, 4.69) is 5.32 Å². The number of nitrogens with one attached hydrogen (secondary N) is 1. The zero-order chi connectivity index (χ0) is 18.4. The van der Waals surface area contributed by atoms with Gasteiger partial charge in [-0.1, -0.05) is 12.1 Å². The molecule has 2 fully saturated rings. The number of piperidine rings is 1. The lowest BCUT2D eigenvalue weighted by Gasteiger charge is -2.31. The van der Waals surface area contributed by atoms with Crippen LogP contribution in [0, 0.1) is 5.92 Å². The quantitative estimate of drug-likeness (QED) is 0.841. The molecule has 1 aromatic carbocycles. The lowest BCUT2D eigenvalue weighted by Crippen LogP contribution is -2.44. The Labute approximate surface area is 153 Å². The van der Waals surface area contributed by atoms with Crippen molar-refractivity contribution in [1.82, 2.24) is 4.90 Å². The molecule has 2 saturated heterocycles. The van der Waals surface area contributed by atoms with E-state index in [1.165, 1.54) is 0 Å². The largest absolute Gasteiger partial charge is 0.489 e. The maximum atomic E-state index is 12.5. The SMILES string of the molecule is O=C(O)C1CCCN(C(=O)Nc2ccccc2OCC2CCCCO2)C1. The molecule has 7 heteroatoms. The van der Waals surface area contributed by atoms with E-state index in [1.807, 2.05) is 18.2 Å². The highest BCUT2D eigenvalue weighted by atomic mass is 16.5. The average molecular weight is 362 g/mol. The second-order valence-corrected chi connectivity index (χ2v) is 6.85. The van der Waals surface area contributed by atoms with E-state index in [0.29, 0.717) is 37.4 Å². The van der Waals surface area contributed by atoms with E-state index in [1.54, 1.807) is 11.0 Å². The second kappa shape index (κ2) is 8.89. The fraction of sp³-hybridized carbons (Fsp3) is 0.579. The van der Waals surface area contributed by atoms with E-state index in [4.69, 9.17) is 9.47 Å². The number of rotatable bonds is 5. The molecule has 2 atom stereocenters. The van der Waals surface area contributed by atoms with E-state index in [-0.39, 0.29) is 18.7 Å². The Bertz CT molecular complexity index is 630. The normalized spacial score (nSPS) is 23.3. The van der Waals surface area contributed by atoms with Gasteiger partial charge in [-0.3, -0.25) is 4.79 Å². The van der Waals surface area contributed by atoms with Gasteiger partial charge in [0.05, 0.1) is 17.7 Å². The molecule has 2 aliphatic heterocycles. The van der Waals surface area contributed by atoms with Crippen LogP contribution in [0.1, 0.15) is 32.1 Å². The Hall–Kier alpha value is -2.28. The Morgan fingerprint density at radius 3 is 2.85 bits per heavy atom. The standard InChI is InChI=1S/C19H26N2O5/c22-18(23)14-6-5-10-21(12-14)19(24)20-16-8-1-2-9-17(16)26-13-15-7-3-4-11-25-15/h1-2,8-9,14-15H,3-7,10-13H2,(H,20,24)(H,22,23). The molecule has 1 aromatic rings. The zero-order valence-corrected chi connectivity index (χ0v) is 14.9. The maximum absolute atomic E-state index is 12.5. The Morgan fingerprint density at radius 2 is 2.08 bits per heavy atom. The minimum atomic E-state index is -0.848. The molecule has 0 bridgehead atoms. The number of hydrogen-bond donors (Lipinski definition) is 2. The average Bonchev–Trinajstić information content (AvgIpc) is 2.68. The minimum Gasteiger partial charge on any atom is -0.489 e. The van der Waals surface area contributed by atoms with Crippen molar-refractivity contribution in [3.8, 4) is 5.75 Å². The lowest BCUT2D eigenvalue weighted by molar-refractivity contribution is -0.143. The number of anilines is 1. The first-order chi connectivity index (χ1) is 12.6. The van der Waals surface area contributed by atoms with Crippen molar-refractivity contribution in [3.63, 3.8) is 0 Å². The third kappa shape index (κ3) is 4.88. The molecule has 142 valence electrons. The monoisotopic (exact) mass is 362 g/mol. The van der Waals surface area contributed by atoms with Crippen molar-refractivity contribution in [2.24, 2.45) is 5.92 Å². The number of para-hydroxylation sites is 2. The number of carbonyl (C=O) groups excluding carboxylic acids is 1. The van der Waals surface area contributed by atoms with E-state index in [9.17, 15) is 14.7 Å². The highest BCUT2D eigenvalue weighted by molar-refractivity contribution is 5.91. The van der Waals surface area contributed by atoms with Crippen LogP contribution >= 0.6 is 0 Å². The maximum Gasteiger partial charge on any atom is 0.321 e. The van der Waals surface area contributed by atoms with E-state index in [0.717, 1.165) is 25.9 Å². The summed E-state index contributed by atoms with van der Waals surface area (Å²) in [4.78, 5) is 25.3. The molecule has 2 unspecified atom stereocenters. The number of hydrogen-bond acceptors (Lipinski definition) is 4. The van der Waals surface area contributed by atoms with Crippen LogP contribution in [0.3, 0.4) is 0 Å². The topological polar surface area (TPSA) is 88.1 Å². The number of urea groups is 1. The van der Waals surface area contributed by atoms with Gasteiger partial charge in [0.2, 0.25) is 0 Å². The van der Waals surface area contributed by atoms with Crippen molar-refractivity contribution in [2.75, 3.05) is 31.6 Å². The Balaban J connectivity index is 1.58. The summed E-state index contributed by atoms with van der Waals surface area (Å²) in [5.41, 5.74) is 0.589. The van der Waals surface area contributed by atoms with Gasteiger partial charge in [-0.05, 0) is 44.2 Å². The summed E-state index contributed by atoms with van der Waals surface area (Å²) in [7, 11) is 0. The number of aliphatic carboxylic acids is 1.